The van der Waals surface area contributed by atoms with Gasteiger partial charge in [0, 0.05) is 13.1 Å². The van der Waals surface area contributed by atoms with Gasteiger partial charge in [0.15, 0.2) is 0 Å². The number of hydrogen-bond donors (Lipinski definition) is 1. The number of nitrogens with zero attached hydrogens (tertiary/aromatic N) is 1. The van der Waals surface area contributed by atoms with E-state index in [1.165, 1.54) is 0 Å². The van der Waals surface area contributed by atoms with E-state index in [0.717, 1.165) is 30.0 Å². The van der Waals surface area contributed by atoms with E-state index in [9.17, 15) is 8.42 Å². The average Bonchev–Trinajstić information content (AvgIpc) is 2.02. The van der Waals surface area contributed by atoms with Crippen LogP contribution < -0.4 is 0 Å². The molecule has 0 saturated heterocycles. The molecule has 0 aromatic heterocycles. The third-order valence-corrected chi connectivity index (χ3v) is 2.87. The highest BCUT2D eigenvalue weighted by molar-refractivity contribution is 7.83. The Morgan fingerprint density at radius 2 is 1.46 bits per heavy atom. The average molecular weight is 209 g/mol. The second kappa shape index (κ2) is 6.34. The standard InChI is InChI=1S/C8H19NO3S/c1-3-5-7-9(8-6-4-2)13(10,11)12/h3-8H2,1-2H3,(H,10,11,12). The Bertz CT molecular complexity index is 205. The molecule has 0 aliphatic heterocycles. The van der Waals surface area contributed by atoms with Gasteiger partial charge in [-0.25, -0.2) is 0 Å². The van der Waals surface area contributed by atoms with Crippen LogP contribution in [-0.4, -0.2) is 30.4 Å². The zero-order chi connectivity index (χ0) is 10.3. The van der Waals surface area contributed by atoms with Crippen molar-refractivity contribution in [3.63, 3.8) is 0 Å². The monoisotopic (exact) mass is 209 g/mol. The van der Waals surface area contributed by atoms with Crippen LogP contribution in [0.2, 0.25) is 0 Å². The highest BCUT2D eigenvalue weighted by Crippen LogP contribution is 2.03. The molecule has 0 unspecified atom stereocenters. The molecule has 0 spiro atoms. The Hall–Kier alpha value is -0.130. The summed E-state index contributed by atoms with van der Waals surface area (Å²) in [5, 5.41) is 0. The molecule has 0 atom stereocenters. The van der Waals surface area contributed by atoms with Crippen LogP contribution in [-0.2, 0) is 10.3 Å². The molecule has 0 aliphatic rings. The van der Waals surface area contributed by atoms with Crippen LogP contribution in [0.4, 0.5) is 0 Å². The minimum Gasteiger partial charge on any atom is -0.273 e. The Labute approximate surface area is 80.8 Å². The molecule has 0 aromatic rings. The predicted molar refractivity (Wildman–Crippen MR) is 52.9 cm³/mol. The van der Waals surface area contributed by atoms with Crippen molar-refractivity contribution in [1.82, 2.24) is 4.31 Å². The van der Waals surface area contributed by atoms with Crippen molar-refractivity contribution in [1.29, 1.82) is 0 Å². The lowest BCUT2D eigenvalue weighted by atomic mass is 10.3. The summed E-state index contributed by atoms with van der Waals surface area (Å²) in [6, 6.07) is 0. The summed E-state index contributed by atoms with van der Waals surface area (Å²) in [4.78, 5) is 0. The molecule has 4 nitrogen and oxygen atoms in total. The summed E-state index contributed by atoms with van der Waals surface area (Å²) in [6.45, 7) is 4.83. The molecular formula is C8H19NO3S. The summed E-state index contributed by atoms with van der Waals surface area (Å²) in [6.07, 6.45) is 3.45. The van der Waals surface area contributed by atoms with Gasteiger partial charge in [-0.15, -0.1) is 0 Å². The maximum Gasteiger partial charge on any atom is 0.335 e. The summed E-state index contributed by atoms with van der Waals surface area (Å²) < 4.78 is 31.6. The fraction of sp³-hybridized carbons (Fsp3) is 1.00. The lowest BCUT2D eigenvalue weighted by Crippen LogP contribution is -2.32. The Kier molecular flexibility index (Phi) is 6.28. The quantitative estimate of drug-likeness (QED) is 0.649. The summed E-state index contributed by atoms with van der Waals surface area (Å²) in [5.74, 6) is 0. The van der Waals surface area contributed by atoms with Crippen LogP contribution in [0.3, 0.4) is 0 Å². The molecular weight excluding hydrogens is 190 g/mol. The number of rotatable bonds is 7. The molecule has 0 radical (unpaired) electrons. The van der Waals surface area contributed by atoms with Gasteiger partial charge in [-0.2, -0.15) is 12.7 Å². The van der Waals surface area contributed by atoms with E-state index >= 15 is 0 Å². The minimum absolute atomic E-state index is 0.426. The molecule has 0 saturated carbocycles. The van der Waals surface area contributed by atoms with E-state index < -0.39 is 10.3 Å². The van der Waals surface area contributed by atoms with Gasteiger partial charge in [-0.1, -0.05) is 26.7 Å². The van der Waals surface area contributed by atoms with Gasteiger partial charge in [0.1, 0.15) is 0 Å². The van der Waals surface area contributed by atoms with Gasteiger partial charge in [0.25, 0.3) is 0 Å². The summed E-state index contributed by atoms with van der Waals surface area (Å²) in [7, 11) is -3.98. The first-order valence-corrected chi connectivity index (χ1v) is 6.14. The normalized spacial score (nSPS) is 12.3. The zero-order valence-electron chi connectivity index (χ0n) is 8.36. The van der Waals surface area contributed by atoms with E-state index in [-0.39, 0.29) is 0 Å². The van der Waals surface area contributed by atoms with Crippen molar-refractivity contribution in [2.75, 3.05) is 13.1 Å². The van der Waals surface area contributed by atoms with E-state index in [0.29, 0.717) is 13.1 Å². The molecule has 0 aliphatic carbocycles. The van der Waals surface area contributed by atoms with Crippen LogP contribution >= 0.6 is 0 Å². The third kappa shape index (κ3) is 6.01. The van der Waals surface area contributed by atoms with E-state index in [4.69, 9.17) is 4.55 Å². The SMILES string of the molecule is CCCCN(CCCC)S(=O)(=O)O. The second-order valence-corrected chi connectivity index (χ2v) is 4.50. The Balaban J connectivity index is 4.04. The van der Waals surface area contributed by atoms with Gasteiger partial charge in [-0.3, -0.25) is 4.55 Å². The maximum atomic E-state index is 10.8. The van der Waals surface area contributed by atoms with E-state index in [1.807, 2.05) is 13.8 Å². The van der Waals surface area contributed by atoms with Crippen molar-refractivity contribution < 1.29 is 13.0 Å². The third-order valence-electron chi connectivity index (χ3n) is 1.85. The van der Waals surface area contributed by atoms with E-state index in [1.54, 1.807) is 0 Å². The molecule has 0 heterocycles. The number of unbranched alkanes of at least 4 members (excludes halogenated alkanes) is 2. The minimum atomic E-state index is -3.98. The molecule has 13 heavy (non-hydrogen) atoms. The first-order chi connectivity index (χ1) is 6.02. The molecule has 5 heteroatoms. The zero-order valence-corrected chi connectivity index (χ0v) is 9.18. The van der Waals surface area contributed by atoms with Crippen molar-refractivity contribution in [2.24, 2.45) is 0 Å². The Morgan fingerprint density at radius 1 is 1.08 bits per heavy atom. The van der Waals surface area contributed by atoms with Gasteiger partial charge < -0.3 is 0 Å². The van der Waals surface area contributed by atoms with Gasteiger partial charge >= 0.3 is 10.3 Å². The highest BCUT2D eigenvalue weighted by Gasteiger charge is 2.16. The number of hydrogen-bond acceptors (Lipinski definition) is 2. The van der Waals surface area contributed by atoms with Crippen LogP contribution in [0.15, 0.2) is 0 Å². The lowest BCUT2D eigenvalue weighted by molar-refractivity contribution is 0.342. The lowest BCUT2D eigenvalue weighted by Gasteiger charge is -2.17. The summed E-state index contributed by atoms with van der Waals surface area (Å²) in [5.41, 5.74) is 0. The van der Waals surface area contributed by atoms with Crippen molar-refractivity contribution in [3.05, 3.63) is 0 Å². The van der Waals surface area contributed by atoms with E-state index in [2.05, 4.69) is 0 Å². The molecule has 0 rings (SSSR count). The van der Waals surface area contributed by atoms with Crippen LogP contribution in [0.5, 0.6) is 0 Å². The molecule has 1 N–H and O–H groups in total. The Morgan fingerprint density at radius 3 is 1.69 bits per heavy atom. The second-order valence-electron chi connectivity index (χ2n) is 3.08. The first-order valence-electron chi connectivity index (χ1n) is 4.75. The smallest absolute Gasteiger partial charge is 0.273 e. The molecule has 0 aromatic carbocycles. The van der Waals surface area contributed by atoms with Crippen molar-refractivity contribution in [3.8, 4) is 0 Å². The highest BCUT2D eigenvalue weighted by atomic mass is 32.2. The van der Waals surface area contributed by atoms with Crippen molar-refractivity contribution >= 4 is 10.3 Å². The first kappa shape index (κ1) is 12.9. The van der Waals surface area contributed by atoms with Crippen molar-refractivity contribution in [2.45, 2.75) is 39.5 Å². The maximum absolute atomic E-state index is 10.8. The van der Waals surface area contributed by atoms with Gasteiger partial charge in [-0.05, 0) is 12.8 Å². The molecule has 0 fully saturated rings. The molecule has 0 amide bonds. The summed E-state index contributed by atoms with van der Waals surface area (Å²) >= 11 is 0. The van der Waals surface area contributed by atoms with Gasteiger partial charge in [0.05, 0.1) is 0 Å². The molecule has 80 valence electrons. The fourth-order valence-corrected chi connectivity index (χ4v) is 1.73. The largest absolute Gasteiger partial charge is 0.335 e. The van der Waals surface area contributed by atoms with Gasteiger partial charge in [0.2, 0.25) is 0 Å². The van der Waals surface area contributed by atoms with Crippen LogP contribution in [0.25, 0.3) is 0 Å². The van der Waals surface area contributed by atoms with Crippen LogP contribution in [0, 0.1) is 0 Å². The fourth-order valence-electron chi connectivity index (χ4n) is 1.01. The predicted octanol–water partition coefficient (Wildman–Crippen LogP) is 1.69. The molecule has 0 bridgehead atoms. The topological polar surface area (TPSA) is 57.6 Å². The van der Waals surface area contributed by atoms with Crippen LogP contribution in [0.1, 0.15) is 39.5 Å².